The molecule has 0 amide bonds. The lowest BCUT2D eigenvalue weighted by Gasteiger charge is -2.28. The van der Waals surface area contributed by atoms with Gasteiger partial charge in [0.25, 0.3) is 0 Å². The zero-order valence-corrected chi connectivity index (χ0v) is 10.1. The highest BCUT2D eigenvalue weighted by Crippen LogP contribution is 2.20. The minimum Gasteiger partial charge on any atom is -0.393 e. The van der Waals surface area contributed by atoms with Crippen LogP contribution in [0.1, 0.15) is 33.1 Å². The number of nitrogens with zero attached hydrogens (tertiary/aromatic N) is 1. The van der Waals surface area contributed by atoms with E-state index < -0.39 is 0 Å². The van der Waals surface area contributed by atoms with Gasteiger partial charge in [0, 0.05) is 19.8 Å². The topological polar surface area (TPSA) is 32.7 Å². The first-order valence-corrected chi connectivity index (χ1v) is 6.26. The predicted octanol–water partition coefficient (Wildman–Crippen LogP) is 1.51. The van der Waals surface area contributed by atoms with Gasteiger partial charge in [0.15, 0.2) is 0 Å². The molecule has 3 nitrogen and oxygen atoms in total. The van der Waals surface area contributed by atoms with Gasteiger partial charge in [0.05, 0.1) is 6.10 Å². The number of ether oxygens (including phenoxy) is 1. The van der Waals surface area contributed by atoms with E-state index in [2.05, 4.69) is 18.7 Å². The summed E-state index contributed by atoms with van der Waals surface area (Å²) in [6.45, 7) is 9.17. The standard InChI is InChI=1S/C12H25NO2/c1-3-13(4-2)8-5-12(14)11-6-9-15-10-7-11/h11-12,14H,3-10H2,1-2H3. The maximum atomic E-state index is 10.0. The number of rotatable bonds is 6. The Morgan fingerprint density at radius 2 is 1.87 bits per heavy atom. The van der Waals surface area contributed by atoms with E-state index in [0.717, 1.165) is 52.1 Å². The van der Waals surface area contributed by atoms with E-state index in [9.17, 15) is 5.11 Å². The zero-order chi connectivity index (χ0) is 11.1. The third kappa shape index (κ3) is 4.49. The monoisotopic (exact) mass is 215 g/mol. The van der Waals surface area contributed by atoms with Crippen LogP contribution in [0.15, 0.2) is 0 Å². The lowest BCUT2D eigenvalue weighted by Crippen LogP contribution is -2.32. The van der Waals surface area contributed by atoms with Crippen LogP contribution in [-0.2, 0) is 4.74 Å². The average molecular weight is 215 g/mol. The van der Waals surface area contributed by atoms with Crippen LogP contribution in [0.3, 0.4) is 0 Å². The molecule has 1 atom stereocenters. The highest BCUT2D eigenvalue weighted by molar-refractivity contribution is 4.73. The largest absolute Gasteiger partial charge is 0.393 e. The van der Waals surface area contributed by atoms with E-state index in [1.807, 2.05) is 0 Å². The molecule has 1 rings (SSSR count). The van der Waals surface area contributed by atoms with E-state index in [0.29, 0.717) is 5.92 Å². The quantitative estimate of drug-likeness (QED) is 0.729. The van der Waals surface area contributed by atoms with E-state index in [4.69, 9.17) is 4.74 Å². The average Bonchev–Trinajstić information content (AvgIpc) is 2.31. The fourth-order valence-electron chi connectivity index (χ4n) is 2.19. The summed E-state index contributed by atoms with van der Waals surface area (Å²) < 4.78 is 5.30. The molecule has 15 heavy (non-hydrogen) atoms. The van der Waals surface area contributed by atoms with E-state index in [-0.39, 0.29) is 6.10 Å². The molecule has 0 aliphatic carbocycles. The van der Waals surface area contributed by atoms with Crippen molar-refractivity contribution in [3.05, 3.63) is 0 Å². The molecule has 3 heteroatoms. The lowest BCUT2D eigenvalue weighted by molar-refractivity contribution is 0.00174. The molecule has 0 bridgehead atoms. The lowest BCUT2D eigenvalue weighted by atomic mass is 9.92. The van der Waals surface area contributed by atoms with E-state index in [1.165, 1.54) is 0 Å². The summed E-state index contributed by atoms with van der Waals surface area (Å²) >= 11 is 0. The molecule has 1 aliphatic heterocycles. The second kappa shape index (κ2) is 7.20. The Labute approximate surface area is 93.4 Å². The van der Waals surface area contributed by atoms with E-state index in [1.54, 1.807) is 0 Å². The number of hydrogen-bond donors (Lipinski definition) is 1. The van der Waals surface area contributed by atoms with Crippen LogP contribution >= 0.6 is 0 Å². The van der Waals surface area contributed by atoms with Crippen molar-refractivity contribution in [3.8, 4) is 0 Å². The minimum absolute atomic E-state index is 0.130. The van der Waals surface area contributed by atoms with Crippen LogP contribution in [0.2, 0.25) is 0 Å². The molecule has 0 radical (unpaired) electrons. The number of aliphatic hydroxyl groups excluding tert-OH is 1. The first-order chi connectivity index (χ1) is 7.27. The van der Waals surface area contributed by atoms with Crippen LogP contribution in [0, 0.1) is 5.92 Å². The summed E-state index contributed by atoms with van der Waals surface area (Å²) in [5, 5.41) is 10.0. The van der Waals surface area contributed by atoms with Gasteiger partial charge < -0.3 is 14.7 Å². The number of hydrogen-bond acceptors (Lipinski definition) is 3. The van der Waals surface area contributed by atoms with Gasteiger partial charge in [0.1, 0.15) is 0 Å². The predicted molar refractivity (Wildman–Crippen MR) is 62.0 cm³/mol. The molecule has 1 saturated heterocycles. The summed E-state index contributed by atoms with van der Waals surface area (Å²) in [5.41, 5.74) is 0. The molecule has 1 N–H and O–H groups in total. The molecule has 0 aromatic heterocycles. The number of aliphatic hydroxyl groups is 1. The van der Waals surface area contributed by atoms with Crippen molar-refractivity contribution in [1.82, 2.24) is 4.90 Å². The third-order valence-electron chi connectivity index (χ3n) is 3.45. The van der Waals surface area contributed by atoms with Gasteiger partial charge in [-0.3, -0.25) is 0 Å². The van der Waals surface area contributed by atoms with Crippen molar-refractivity contribution in [2.75, 3.05) is 32.8 Å². The Morgan fingerprint density at radius 1 is 1.27 bits per heavy atom. The normalized spacial score (nSPS) is 20.8. The van der Waals surface area contributed by atoms with E-state index >= 15 is 0 Å². The molecule has 1 heterocycles. The molecule has 0 spiro atoms. The Hall–Kier alpha value is -0.120. The van der Waals surface area contributed by atoms with Gasteiger partial charge in [0.2, 0.25) is 0 Å². The van der Waals surface area contributed by atoms with Gasteiger partial charge >= 0.3 is 0 Å². The van der Waals surface area contributed by atoms with Crippen molar-refractivity contribution >= 4 is 0 Å². The first-order valence-electron chi connectivity index (χ1n) is 6.26. The van der Waals surface area contributed by atoms with Crippen LogP contribution in [0.25, 0.3) is 0 Å². The van der Waals surface area contributed by atoms with Gasteiger partial charge in [-0.2, -0.15) is 0 Å². The minimum atomic E-state index is -0.130. The highest BCUT2D eigenvalue weighted by Gasteiger charge is 2.22. The Balaban J connectivity index is 2.18. The molecule has 1 unspecified atom stereocenters. The Bertz CT molecular complexity index is 154. The molecule has 0 aromatic rings. The second-order valence-corrected chi connectivity index (χ2v) is 4.33. The summed E-state index contributed by atoms with van der Waals surface area (Å²) in [7, 11) is 0. The van der Waals surface area contributed by atoms with Crippen molar-refractivity contribution in [1.29, 1.82) is 0 Å². The maximum absolute atomic E-state index is 10.0. The Kier molecular flexibility index (Phi) is 6.22. The van der Waals surface area contributed by atoms with Crippen LogP contribution < -0.4 is 0 Å². The Morgan fingerprint density at radius 3 is 2.40 bits per heavy atom. The summed E-state index contributed by atoms with van der Waals surface area (Å²) in [6.07, 6.45) is 2.83. The fourth-order valence-corrected chi connectivity index (χ4v) is 2.19. The van der Waals surface area contributed by atoms with Crippen molar-refractivity contribution < 1.29 is 9.84 Å². The molecule has 0 saturated carbocycles. The highest BCUT2D eigenvalue weighted by atomic mass is 16.5. The molecule has 1 fully saturated rings. The van der Waals surface area contributed by atoms with Gasteiger partial charge in [-0.15, -0.1) is 0 Å². The molecule has 90 valence electrons. The smallest absolute Gasteiger partial charge is 0.0582 e. The third-order valence-corrected chi connectivity index (χ3v) is 3.45. The van der Waals surface area contributed by atoms with Crippen LogP contribution in [0.4, 0.5) is 0 Å². The molecule has 0 aromatic carbocycles. The van der Waals surface area contributed by atoms with Gasteiger partial charge in [-0.05, 0) is 38.3 Å². The second-order valence-electron chi connectivity index (χ2n) is 4.33. The van der Waals surface area contributed by atoms with Gasteiger partial charge in [-0.1, -0.05) is 13.8 Å². The van der Waals surface area contributed by atoms with Crippen LogP contribution in [0.5, 0.6) is 0 Å². The summed E-state index contributed by atoms with van der Waals surface area (Å²) in [4.78, 5) is 2.36. The summed E-state index contributed by atoms with van der Waals surface area (Å²) in [5.74, 6) is 0.467. The molecule has 1 aliphatic rings. The first kappa shape index (κ1) is 12.9. The molecular weight excluding hydrogens is 190 g/mol. The zero-order valence-electron chi connectivity index (χ0n) is 10.1. The molecular formula is C12H25NO2. The van der Waals surface area contributed by atoms with Gasteiger partial charge in [-0.25, -0.2) is 0 Å². The van der Waals surface area contributed by atoms with Crippen LogP contribution in [-0.4, -0.2) is 49.0 Å². The van der Waals surface area contributed by atoms with Crippen molar-refractivity contribution in [2.24, 2.45) is 5.92 Å². The maximum Gasteiger partial charge on any atom is 0.0582 e. The van der Waals surface area contributed by atoms with Crippen molar-refractivity contribution in [3.63, 3.8) is 0 Å². The SMILES string of the molecule is CCN(CC)CCC(O)C1CCOCC1. The van der Waals surface area contributed by atoms with Crippen molar-refractivity contribution in [2.45, 2.75) is 39.2 Å². The summed E-state index contributed by atoms with van der Waals surface area (Å²) in [6, 6.07) is 0. The fraction of sp³-hybridized carbons (Fsp3) is 1.00.